The Balaban J connectivity index is 0.00000281. The van der Waals surface area contributed by atoms with Crippen LogP contribution in [0.2, 0.25) is 0 Å². The van der Waals surface area contributed by atoms with Crippen LogP contribution >= 0.6 is 7.82 Å². The van der Waals surface area contributed by atoms with Gasteiger partial charge in [-0.1, -0.05) is 13.8 Å². The number of carbonyl (C=O) groups is 1. The van der Waals surface area contributed by atoms with Gasteiger partial charge in [-0.3, -0.25) is 42.9 Å². The number of nitrogens with one attached hydrogen (secondary N) is 2. The molecule has 3 unspecified atom stereocenters. The third-order valence-corrected chi connectivity index (χ3v) is 5.86. The summed E-state index contributed by atoms with van der Waals surface area (Å²) in [6.07, 6.45) is -0.267. The molecule has 0 saturated carbocycles. The summed E-state index contributed by atoms with van der Waals surface area (Å²) >= 11 is 0. The summed E-state index contributed by atoms with van der Waals surface area (Å²) in [6, 6.07) is 1.86. The Morgan fingerprint density at radius 3 is 2.71 bits per heavy atom. The molecule has 3 atom stereocenters. The van der Waals surface area contributed by atoms with Gasteiger partial charge in [-0.25, -0.2) is 10.4 Å². The maximum Gasteiger partial charge on any atom is 0.474 e. The molecule has 2 rings (SSSR count). The minimum atomic E-state index is -3.82. The third-order valence-electron chi connectivity index (χ3n) is 4.45. The maximum atomic E-state index is 12.3. The number of alkyl halides is 1. The number of ether oxygens (including phenoxy) is 1. The average molecular weight is 507 g/mol. The molecule has 0 aliphatic carbocycles. The van der Waals surface area contributed by atoms with E-state index in [1.54, 1.807) is 13.8 Å². The van der Waals surface area contributed by atoms with E-state index in [9.17, 15) is 18.5 Å². The van der Waals surface area contributed by atoms with Crippen molar-refractivity contribution in [2.24, 2.45) is 11.8 Å². The van der Waals surface area contributed by atoms with Crippen LogP contribution in [-0.2, 0) is 27.7 Å². The number of aromatic amines is 1. The third kappa shape index (κ3) is 8.32. The number of phosphoric ester groups is 1. The molecule has 16 heteroatoms. The molecule has 1 aliphatic heterocycles. The predicted octanol–water partition coefficient (Wildman–Crippen LogP) is 1.42. The summed E-state index contributed by atoms with van der Waals surface area (Å²) in [5.41, 5.74) is 4.91. The van der Waals surface area contributed by atoms with Gasteiger partial charge in [-0.05, 0) is 12.8 Å². The summed E-state index contributed by atoms with van der Waals surface area (Å²) in [4.78, 5) is 30.6. The van der Waals surface area contributed by atoms with Gasteiger partial charge in [-0.2, -0.15) is 10.2 Å². The number of anilines is 3. The summed E-state index contributed by atoms with van der Waals surface area (Å²) in [5, 5.41) is 12.1. The van der Waals surface area contributed by atoms with Crippen LogP contribution in [0.3, 0.4) is 0 Å². The average Bonchev–Trinajstić information content (AvgIpc) is 3.30. The number of rotatable bonds is 11. The van der Waals surface area contributed by atoms with Crippen LogP contribution in [0.4, 0.5) is 21.8 Å². The molecule has 1 aromatic rings. The zero-order valence-electron chi connectivity index (χ0n) is 19.4. The molecule has 0 bridgehead atoms. The fraction of sp³-hybridized carbons (Fsp3) is 0.667. The number of nitrogens with two attached hydrogens (primary N) is 2. The summed E-state index contributed by atoms with van der Waals surface area (Å²) < 4.78 is 42.7. The molecule has 1 amide bonds. The van der Waals surface area contributed by atoms with E-state index < -0.39 is 25.7 Å². The number of hydrazine groups is 1. The first-order valence-electron chi connectivity index (χ1n) is 10.2. The largest absolute Gasteiger partial charge is 0.474 e. The fourth-order valence-electron chi connectivity index (χ4n) is 2.66. The van der Waals surface area contributed by atoms with E-state index in [1.807, 2.05) is 6.07 Å². The molecule has 6 N–H and O–H groups in total. The van der Waals surface area contributed by atoms with E-state index in [4.69, 9.17) is 35.1 Å². The first kappa shape index (κ1) is 29.4. The SMILES string of the molecule is CF.COP(=O)(OCCC#N)OCC1CCC(N(N)c2nc(NC(=O)C(C)C)[nH]c(=O)c2N)O1. The first-order chi connectivity index (χ1) is 16.1. The fourth-order valence-corrected chi connectivity index (χ4v) is 3.61. The molecule has 34 heavy (non-hydrogen) atoms. The number of nitrogens with zero attached hydrogens (tertiary/aromatic N) is 3. The molecule has 1 aliphatic rings. The number of amides is 1. The lowest BCUT2D eigenvalue weighted by atomic mass is 10.2. The minimum Gasteiger partial charge on any atom is -0.391 e. The smallest absolute Gasteiger partial charge is 0.391 e. The van der Waals surface area contributed by atoms with Crippen LogP contribution in [0, 0.1) is 17.2 Å². The van der Waals surface area contributed by atoms with E-state index in [0.29, 0.717) is 20.0 Å². The highest BCUT2D eigenvalue weighted by atomic mass is 31.2. The van der Waals surface area contributed by atoms with Crippen LogP contribution in [0.5, 0.6) is 0 Å². The number of hydrogen-bond donors (Lipinski definition) is 4. The molecule has 0 aromatic carbocycles. The number of carbonyl (C=O) groups excluding carboxylic acids is 1. The van der Waals surface area contributed by atoms with Gasteiger partial charge in [0.15, 0.2) is 5.82 Å². The molecule has 1 aromatic heterocycles. The van der Waals surface area contributed by atoms with Crippen molar-refractivity contribution >= 4 is 31.2 Å². The number of halogens is 1. The molecule has 1 fully saturated rings. The van der Waals surface area contributed by atoms with Gasteiger partial charge in [0.2, 0.25) is 11.9 Å². The van der Waals surface area contributed by atoms with Crippen molar-refractivity contribution in [2.45, 2.75) is 45.4 Å². The van der Waals surface area contributed by atoms with Gasteiger partial charge in [0, 0.05) is 13.0 Å². The van der Waals surface area contributed by atoms with Crippen LogP contribution in [-0.4, -0.2) is 55.7 Å². The van der Waals surface area contributed by atoms with Crippen molar-refractivity contribution in [3.05, 3.63) is 10.4 Å². The molecular weight excluding hydrogens is 476 g/mol. The van der Waals surface area contributed by atoms with Gasteiger partial charge >= 0.3 is 7.82 Å². The Kier molecular flexibility index (Phi) is 12.1. The van der Waals surface area contributed by atoms with Crippen molar-refractivity contribution in [2.75, 3.05) is 43.6 Å². The topological polar surface area (TPSA) is 208 Å². The van der Waals surface area contributed by atoms with Crippen LogP contribution < -0.4 is 27.5 Å². The molecule has 1 saturated heterocycles. The highest BCUT2D eigenvalue weighted by Crippen LogP contribution is 2.49. The Morgan fingerprint density at radius 1 is 1.44 bits per heavy atom. The Hall–Kier alpha value is -2.60. The number of H-pyrrole nitrogens is 1. The number of nitriles is 1. The van der Waals surface area contributed by atoms with Gasteiger partial charge in [0.05, 0.1) is 39.0 Å². The molecule has 14 nitrogen and oxygen atoms in total. The molecule has 192 valence electrons. The van der Waals surface area contributed by atoms with Gasteiger partial charge in [-0.15, -0.1) is 0 Å². The zero-order valence-corrected chi connectivity index (χ0v) is 20.3. The van der Waals surface area contributed by atoms with Gasteiger partial charge in [0.1, 0.15) is 11.9 Å². The normalized spacial score (nSPS) is 19.0. The predicted molar refractivity (Wildman–Crippen MR) is 121 cm³/mol. The van der Waals surface area contributed by atoms with Crippen LogP contribution in [0.1, 0.15) is 33.1 Å². The number of hydrogen-bond acceptors (Lipinski definition) is 12. The van der Waals surface area contributed by atoms with Crippen molar-refractivity contribution in [1.82, 2.24) is 9.97 Å². The number of aromatic nitrogens is 2. The van der Waals surface area contributed by atoms with E-state index in [0.717, 1.165) is 5.01 Å². The van der Waals surface area contributed by atoms with Gasteiger partial charge in [0.25, 0.3) is 5.56 Å². The second-order valence-electron chi connectivity index (χ2n) is 7.16. The van der Waals surface area contributed by atoms with Crippen molar-refractivity contribution in [3.8, 4) is 6.07 Å². The monoisotopic (exact) mass is 507 g/mol. The standard InChI is InChI=1S/C17H28N7O7P.CH3F/c1-10(2)15(25)22-17-21-14(13(19)16(26)23-17)24(20)12-6-5-11(31-12)9-30-32(27,28-3)29-8-4-7-18;1-2/h10-12H,4-6,8-9,19-20H2,1-3H3,(H2,21,22,23,25,26);1H3. The van der Waals surface area contributed by atoms with E-state index in [2.05, 4.69) is 15.3 Å². The van der Waals surface area contributed by atoms with Gasteiger partial charge < -0.3 is 10.5 Å². The Morgan fingerprint density at radius 2 is 2.12 bits per heavy atom. The Labute approximate surface area is 196 Å². The lowest BCUT2D eigenvalue weighted by Crippen LogP contribution is -2.43. The van der Waals surface area contributed by atoms with Crippen LogP contribution in [0.15, 0.2) is 4.79 Å². The van der Waals surface area contributed by atoms with E-state index in [1.165, 1.54) is 7.11 Å². The molecule has 0 radical (unpaired) electrons. The first-order valence-corrected chi connectivity index (χ1v) is 11.7. The number of phosphoric acid groups is 1. The summed E-state index contributed by atoms with van der Waals surface area (Å²) in [7, 11) is -2.15. The molecular formula is C18H31FN7O7P. The Bertz CT molecular complexity index is 956. The highest BCUT2D eigenvalue weighted by Gasteiger charge is 2.34. The van der Waals surface area contributed by atoms with Crippen LogP contribution in [0.25, 0.3) is 0 Å². The summed E-state index contributed by atoms with van der Waals surface area (Å²) in [6.45, 7) is 3.16. The molecule has 2 heterocycles. The molecule has 0 spiro atoms. The van der Waals surface area contributed by atoms with Crippen molar-refractivity contribution in [3.63, 3.8) is 0 Å². The van der Waals surface area contributed by atoms with Crippen molar-refractivity contribution < 1.29 is 32.1 Å². The second kappa shape index (κ2) is 14.0. The maximum absolute atomic E-state index is 12.3. The lowest BCUT2D eigenvalue weighted by Gasteiger charge is -2.26. The quantitative estimate of drug-likeness (QED) is 0.145. The second-order valence-corrected chi connectivity index (χ2v) is 8.94. The zero-order chi connectivity index (χ0) is 25.9. The lowest BCUT2D eigenvalue weighted by molar-refractivity contribution is -0.118. The van der Waals surface area contributed by atoms with Crippen molar-refractivity contribution in [1.29, 1.82) is 5.26 Å². The highest BCUT2D eigenvalue weighted by molar-refractivity contribution is 7.48. The minimum absolute atomic E-state index is 0.0328. The van der Waals surface area contributed by atoms with E-state index >= 15 is 0 Å². The number of nitrogen functional groups attached to an aromatic ring is 1. The summed E-state index contributed by atoms with van der Waals surface area (Å²) in [5.74, 6) is 5.26. The van der Waals surface area contributed by atoms with E-state index in [-0.39, 0.29) is 48.9 Å².